The van der Waals surface area contributed by atoms with Gasteiger partial charge in [-0.05, 0) is 41.6 Å². The lowest BCUT2D eigenvalue weighted by Crippen LogP contribution is -2.13. The molecule has 4 heteroatoms. The van der Waals surface area contributed by atoms with Gasteiger partial charge in [0.2, 0.25) is 0 Å². The summed E-state index contributed by atoms with van der Waals surface area (Å²) in [5.74, 6) is 0.172. The topological polar surface area (TPSA) is 48.2 Å². The smallest absolute Gasteiger partial charge is 0.197 e. The average molecular weight is 248 g/mol. The number of hydrogen-bond donors (Lipinski definition) is 2. The summed E-state index contributed by atoms with van der Waals surface area (Å²) in [5, 5.41) is 10.8. The summed E-state index contributed by atoms with van der Waals surface area (Å²) in [4.78, 5) is 3.94. The van der Waals surface area contributed by atoms with E-state index < -0.39 is 0 Å². The van der Waals surface area contributed by atoms with Gasteiger partial charge in [-0.25, -0.2) is 4.99 Å². The number of aliphatic imine (C=N–C) groups is 1. The van der Waals surface area contributed by atoms with Crippen LogP contribution in [-0.4, -0.2) is 18.2 Å². The summed E-state index contributed by atoms with van der Waals surface area (Å²) >= 11 is 5.74. The fourth-order valence-electron chi connectivity index (χ4n) is 1.79. The van der Waals surface area contributed by atoms with Crippen molar-refractivity contribution in [1.82, 2.24) is 5.32 Å². The van der Waals surface area contributed by atoms with Crippen molar-refractivity contribution in [2.24, 2.45) is 4.99 Å². The highest BCUT2D eigenvalue weighted by atomic mass is 35.5. The van der Waals surface area contributed by atoms with Gasteiger partial charge in [0.15, 0.2) is 11.1 Å². The molecule has 1 aliphatic rings. The Hall–Kier alpha value is -1.61. The van der Waals surface area contributed by atoms with Gasteiger partial charge in [0.1, 0.15) is 0 Å². The first kappa shape index (κ1) is 11.9. The van der Waals surface area contributed by atoms with Crippen molar-refractivity contribution in [3.8, 4) is 0 Å². The van der Waals surface area contributed by atoms with E-state index in [2.05, 4.69) is 28.5 Å². The molecule has 0 heterocycles. The van der Waals surface area contributed by atoms with Crippen molar-refractivity contribution in [3.63, 3.8) is 0 Å². The second kappa shape index (κ2) is 5.15. The number of rotatable bonds is 1. The van der Waals surface area contributed by atoms with E-state index in [1.165, 1.54) is 11.1 Å². The third-order valence-electron chi connectivity index (χ3n) is 2.71. The maximum Gasteiger partial charge on any atom is 0.197 e. The number of fused-ring (bicyclic) bond motifs is 1. The van der Waals surface area contributed by atoms with Crippen LogP contribution < -0.4 is 5.32 Å². The normalized spacial score (nSPS) is 14.4. The van der Waals surface area contributed by atoms with Gasteiger partial charge in [-0.3, -0.25) is 5.41 Å². The molecule has 1 aromatic rings. The zero-order chi connectivity index (χ0) is 12.3. The molecular formula is C13H14ClN3. The zero-order valence-corrected chi connectivity index (χ0v) is 10.4. The van der Waals surface area contributed by atoms with E-state index in [-0.39, 0.29) is 11.1 Å². The predicted octanol–water partition coefficient (Wildman–Crippen LogP) is 2.79. The fourth-order valence-corrected chi connectivity index (χ4v) is 1.88. The molecule has 2 N–H and O–H groups in total. The van der Waals surface area contributed by atoms with Crippen molar-refractivity contribution in [2.75, 3.05) is 7.05 Å². The average Bonchev–Trinajstić information content (AvgIpc) is 2.38. The van der Waals surface area contributed by atoms with Crippen molar-refractivity contribution in [2.45, 2.75) is 12.8 Å². The predicted molar refractivity (Wildman–Crippen MR) is 73.0 cm³/mol. The molecular weight excluding hydrogens is 234 g/mol. The molecule has 17 heavy (non-hydrogen) atoms. The van der Waals surface area contributed by atoms with Gasteiger partial charge >= 0.3 is 0 Å². The minimum absolute atomic E-state index is 0.172. The molecule has 0 atom stereocenters. The van der Waals surface area contributed by atoms with Crippen LogP contribution in [0.2, 0.25) is 0 Å². The molecule has 0 aromatic heterocycles. The first-order chi connectivity index (χ1) is 8.20. The summed E-state index contributed by atoms with van der Waals surface area (Å²) in [6, 6.07) is 5.96. The third kappa shape index (κ3) is 2.74. The minimum atomic E-state index is 0.172. The van der Waals surface area contributed by atoms with E-state index in [4.69, 9.17) is 17.0 Å². The van der Waals surface area contributed by atoms with Gasteiger partial charge < -0.3 is 5.32 Å². The monoisotopic (exact) mass is 247 g/mol. The molecule has 0 radical (unpaired) electrons. The molecule has 3 nitrogen and oxygen atoms in total. The summed E-state index contributed by atoms with van der Waals surface area (Å²) in [5.41, 5.74) is 3.28. The summed E-state index contributed by atoms with van der Waals surface area (Å²) in [6.45, 7) is 0. The molecule has 0 spiro atoms. The van der Waals surface area contributed by atoms with Crippen molar-refractivity contribution >= 4 is 28.8 Å². The van der Waals surface area contributed by atoms with Crippen LogP contribution in [0.1, 0.15) is 23.1 Å². The van der Waals surface area contributed by atoms with Crippen LogP contribution in [0.4, 0.5) is 0 Å². The lowest BCUT2D eigenvalue weighted by molar-refractivity contribution is 0.985. The molecule has 0 aliphatic heterocycles. The zero-order valence-electron chi connectivity index (χ0n) is 9.63. The number of allylic oxidation sites excluding steroid dienone is 1. The number of amidine groups is 2. The Morgan fingerprint density at radius 2 is 2.29 bits per heavy atom. The summed E-state index contributed by atoms with van der Waals surface area (Å²) in [7, 11) is 1.68. The van der Waals surface area contributed by atoms with Crippen LogP contribution in [0.15, 0.2) is 29.3 Å². The van der Waals surface area contributed by atoms with E-state index in [1.807, 2.05) is 12.1 Å². The Kier molecular flexibility index (Phi) is 3.59. The molecule has 2 rings (SSSR count). The minimum Gasteiger partial charge on any atom is -0.363 e. The lowest BCUT2D eigenvalue weighted by Gasteiger charge is -2.11. The van der Waals surface area contributed by atoms with Crippen LogP contribution in [0.5, 0.6) is 0 Å². The molecule has 0 saturated carbocycles. The van der Waals surface area contributed by atoms with Gasteiger partial charge in [-0.2, -0.15) is 0 Å². The maximum absolute atomic E-state index is 7.84. The van der Waals surface area contributed by atoms with Gasteiger partial charge in [0.05, 0.1) is 0 Å². The first-order valence-corrected chi connectivity index (χ1v) is 5.89. The largest absolute Gasteiger partial charge is 0.363 e. The van der Waals surface area contributed by atoms with E-state index in [9.17, 15) is 0 Å². The molecule has 0 saturated heterocycles. The quantitative estimate of drug-likeness (QED) is 0.448. The molecule has 0 unspecified atom stereocenters. The van der Waals surface area contributed by atoms with Crippen molar-refractivity contribution < 1.29 is 0 Å². The summed E-state index contributed by atoms with van der Waals surface area (Å²) < 4.78 is 0. The molecule has 0 amide bonds. The highest BCUT2D eigenvalue weighted by molar-refractivity contribution is 6.65. The molecule has 1 aliphatic carbocycles. The van der Waals surface area contributed by atoms with Crippen LogP contribution in [0, 0.1) is 5.41 Å². The van der Waals surface area contributed by atoms with Gasteiger partial charge in [-0.15, -0.1) is 0 Å². The van der Waals surface area contributed by atoms with Crippen LogP contribution in [-0.2, 0) is 6.42 Å². The lowest BCUT2D eigenvalue weighted by atomic mass is 9.95. The van der Waals surface area contributed by atoms with Crippen molar-refractivity contribution in [1.29, 1.82) is 5.41 Å². The number of nitrogens with one attached hydrogen (secondary N) is 2. The van der Waals surface area contributed by atoms with Crippen molar-refractivity contribution in [3.05, 3.63) is 41.0 Å². The summed E-state index contributed by atoms with van der Waals surface area (Å²) in [6.07, 6.45) is 6.41. The first-order valence-electron chi connectivity index (χ1n) is 5.51. The molecule has 0 fully saturated rings. The molecule has 0 bridgehead atoms. The fraction of sp³-hybridized carbons (Fsp3) is 0.231. The standard InChI is InChI=1S/C13H14ClN3/c1-16-13(14)17-12(15)11-7-6-9-4-2-3-5-10(9)8-11/h3,5-8H,2,4H2,1H3,(H2,15,16,17). The SMILES string of the molecule is CN/C(Cl)=N\C(=N)c1ccc2c(c1)C=CCC2. The van der Waals surface area contributed by atoms with E-state index in [0.717, 1.165) is 18.4 Å². The highest BCUT2D eigenvalue weighted by Crippen LogP contribution is 2.20. The maximum atomic E-state index is 7.84. The Labute approximate surface area is 106 Å². The highest BCUT2D eigenvalue weighted by Gasteiger charge is 2.07. The second-order valence-electron chi connectivity index (χ2n) is 3.86. The number of hydrogen-bond acceptors (Lipinski definition) is 1. The third-order valence-corrected chi connectivity index (χ3v) is 2.99. The van der Waals surface area contributed by atoms with E-state index in [1.54, 1.807) is 7.05 Å². The number of halogens is 1. The molecule has 1 aromatic carbocycles. The Bertz CT molecular complexity index is 503. The molecule has 88 valence electrons. The Morgan fingerprint density at radius 3 is 3.06 bits per heavy atom. The van der Waals surface area contributed by atoms with E-state index in [0.29, 0.717) is 0 Å². The van der Waals surface area contributed by atoms with Crippen LogP contribution >= 0.6 is 11.6 Å². The second-order valence-corrected chi connectivity index (χ2v) is 4.21. The number of aryl methyl sites for hydroxylation is 1. The Balaban J connectivity index is 2.29. The van der Waals surface area contributed by atoms with Gasteiger partial charge in [-0.1, -0.05) is 24.3 Å². The van der Waals surface area contributed by atoms with Crippen LogP contribution in [0.3, 0.4) is 0 Å². The van der Waals surface area contributed by atoms with Gasteiger partial charge in [0.25, 0.3) is 0 Å². The number of benzene rings is 1. The van der Waals surface area contributed by atoms with Crippen LogP contribution in [0.25, 0.3) is 6.08 Å². The van der Waals surface area contributed by atoms with Gasteiger partial charge in [0, 0.05) is 12.6 Å². The number of nitrogens with zero attached hydrogens (tertiary/aromatic N) is 1. The Morgan fingerprint density at radius 1 is 1.47 bits per heavy atom. The van der Waals surface area contributed by atoms with E-state index >= 15 is 0 Å².